The van der Waals surface area contributed by atoms with Crippen LogP contribution in [0.1, 0.15) is 29.5 Å². The topological polar surface area (TPSA) is 93.5 Å². The standard InChI is InChI=1S/C25H22FN3O4/c1-15-22(18-9-2-5-12-21(18)33-14-16-7-6-8-17(26)13-16)23(29(31)32)25(28-15)19-10-3-4-11-20(19)27-24(25)30/h2-13,15,22-23,28H,14H2,1H3,(H,27,30)/t15-,22-,23-,25-/m0/s1. The first kappa shape index (κ1) is 21.1. The predicted octanol–water partition coefficient (Wildman–Crippen LogP) is 3.97. The van der Waals surface area contributed by atoms with Crippen molar-refractivity contribution in [2.75, 3.05) is 5.32 Å². The summed E-state index contributed by atoms with van der Waals surface area (Å²) in [6.45, 7) is 1.95. The van der Waals surface area contributed by atoms with E-state index in [2.05, 4.69) is 10.6 Å². The highest BCUT2D eigenvalue weighted by molar-refractivity contribution is 6.07. The molecule has 2 heterocycles. The molecule has 8 heteroatoms. The number of nitro groups is 1. The van der Waals surface area contributed by atoms with E-state index in [1.54, 1.807) is 60.7 Å². The molecule has 2 N–H and O–H groups in total. The predicted molar refractivity (Wildman–Crippen MR) is 120 cm³/mol. The van der Waals surface area contributed by atoms with Gasteiger partial charge in [0, 0.05) is 27.8 Å². The molecule has 7 nitrogen and oxygen atoms in total. The van der Waals surface area contributed by atoms with E-state index in [1.807, 2.05) is 6.92 Å². The summed E-state index contributed by atoms with van der Waals surface area (Å²) in [6.07, 6.45) is 0. The van der Waals surface area contributed by atoms with Gasteiger partial charge >= 0.3 is 0 Å². The highest BCUT2D eigenvalue weighted by Crippen LogP contribution is 2.50. The molecule has 0 aliphatic carbocycles. The SMILES string of the molecule is C[C@@H]1N[C@]2(C(=O)Nc3ccccc32)[C@@H]([N+](=O)[O-])[C@@H]1c1ccccc1OCc1cccc(F)c1. The number of fused-ring (bicyclic) bond motifs is 2. The number of anilines is 1. The van der Waals surface area contributed by atoms with E-state index >= 15 is 0 Å². The van der Waals surface area contributed by atoms with Gasteiger partial charge in [0.1, 0.15) is 18.2 Å². The zero-order valence-corrected chi connectivity index (χ0v) is 17.8. The van der Waals surface area contributed by atoms with Crippen LogP contribution in [-0.2, 0) is 16.9 Å². The van der Waals surface area contributed by atoms with Gasteiger partial charge in [-0.2, -0.15) is 0 Å². The number of hydrogen-bond donors (Lipinski definition) is 2. The minimum atomic E-state index is -1.49. The number of nitrogens with one attached hydrogen (secondary N) is 2. The summed E-state index contributed by atoms with van der Waals surface area (Å²) in [7, 11) is 0. The molecule has 0 unspecified atom stereocenters. The molecule has 5 rings (SSSR count). The Morgan fingerprint density at radius 2 is 1.85 bits per heavy atom. The molecular formula is C25H22FN3O4. The van der Waals surface area contributed by atoms with E-state index in [0.29, 0.717) is 28.1 Å². The molecule has 1 spiro atoms. The summed E-state index contributed by atoms with van der Waals surface area (Å²) >= 11 is 0. The lowest BCUT2D eigenvalue weighted by Gasteiger charge is -2.26. The van der Waals surface area contributed by atoms with Crippen molar-refractivity contribution >= 4 is 11.6 Å². The van der Waals surface area contributed by atoms with Crippen LogP contribution in [0.2, 0.25) is 0 Å². The van der Waals surface area contributed by atoms with Gasteiger partial charge in [-0.15, -0.1) is 0 Å². The smallest absolute Gasteiger partial charge is 0.256 e. The second-order valence-electron chi connectivity index (χ2n) is 8.45. The van der Waals surface area contributed by atoms with Gasteiger partial charge in [0.2, 0.25) is 0 Å². The van der Waals surface area contributed by atoms with Gasteiger partial charge in [0.05, 0.1) is 5.92 Å². The third kappa shape index (κ3) is 3.34. The number of nitrogens with zero attached hydrogens (tertiary/aromatic N) is 1. The summed E-state index contributed by atoms with van der Waals surface area (Å²) in [5.74, 6) is -0.964. The summed E-state index contributed by atoms with van der Waals surface area (Å²) in [4.78, 5) is 25.3. The molecule has 0 aromatic heterocycles. The van der Waals surface area contributed by atoms with Crippen LogP contribution in [0.5, 0.6) is 5.75 Å². The fourth-order valence-corrected chi connectivity index (χ4v) is 5.20. The first-order valence-corrected chi connectivity index (χ1v) is 10.7. The van der Waals surface area contributed by atoms with E-state index in [4.69, 9.17) is 4.74 Å². The molecule has 4 atom stereocenters. The largest absolute Gasteiger partial charge is 0.489 e. The number of benzene rings is 3. The van der Waals surface area contributed by atoms with Gasteiger partial charge in [0.15, 0.2) is 5.54 Å². The Morgan fingerprint density at radius 3 is 2.64 bits per heavy atom. The minimum Gasteiger partial charge on any atom is -0.489 e. The van der Waals surface area contributed by atoms with Crippen molar-refractivity contribution in [2.24, 2.45) is 0 Å². The van der Waals surface area contributed by atoms with Crippen molar-refractivity contribution in [1.29, 1.82) is 0 Å². The number of hydrogen-bond acceptors (Lipinski definition) is 5. The van der Waals surface area contributed by atoms with Gasteiger partial charge < -0.3 is 10.1 Å². The Kier molecular flexibility index (Phi) is 5.09. The average Bonchev–Trinajstić information content (AvgIpc) is 3.26. The molecule has 1 amide bonds. The van der Waals surface area contributed by atoms with Crippen LogP contribution in [0.3, 0.4) is 0 Å². The van der Waals surface area contributed by atoms with Crippen molar-refractivity contribution in [2.45, 2.75) is 37.1 Å². The molecule has 168 valence electrons. The lowest BCUT2D eigenvalue weighted by Crippen LogP contribution is -2.54. The highest BCUT2D eigenvalue weighted by atomic mass is 19.1. The number of carbonyl (C=O) groups excluding carboxylic acids is 1. The quantitative estimate of drug-likeness (QED) is 0.456. The molecule has 33 heavy (non-hydrogen) atoms. The molecule has 3 aromatic rings. The van der Waals surface area contributed by atoms with Crippen molar-refractivity contribution in [3.63, 3.8) is 0 Å². The van der Waals surface area contributed by atoms with E-state index in [1.165, 1.54) is 12.1 Å². The molecule has 2 aliphatic rings. The zero-order chi connectivity index (χ0) is 23.2. The Hall–Kier alpha value is -3.78. The van der Waals surface area contributed by atoms with E-state index < -0.39 is 29.4 Å². The molecule has 2 aliphatic heterocycles. The lowest BCUT2D eigenvalue weighted by molar-refractivity contribution is -0.532. The Labute approximate surface area is 189 Å². The number of halogens is 1. The first-order valence-electron chi connectivity index (χ1n) is 10.7. The fourth-order valence-electron chi connectivity index (χ4n) is 5.20. The van der Waals surface area contributed by atoms with Crippen molar-refractivity contribution in [3.05, 3.63) is 105 Å². The molecule has 0 bridgehead atoms. The Balaban J connectivity index is 1.55. The third-order valence-corrected chi connectivity index (χ3v) is 6.52. The third-order valence-electron chi connectivity index (χ3n) is 6.52. The molecule has 3 aromatic carbocycles. The van der Waals surface area contributed by atoms with E-state index in [0.717, 1.165) is 0 Å². The van der Waals surface area contributed by atoms with Crippen LogP contribution in [0.25, 0.3) is 0 Å². The normalized spacial score (nSPS) is 25.6. The number of rotatable bonds is 5. The van der Waals surface area contributed by atoms with Crippen LogP contribution >= 0.6 is 0 Å². The molecule has 1 saturated heterocycles. The van der Waals surface area contributed by atoms with Crippen LogP contribution in [0.4, 0.5) is 10.1 Å². The Bertz CT molecular complexity index is 1250. The van der Waals surface area contributed by atoms with Crippen LogP contribution in [0, 0.1) is 15.9 Å². The maximum atomic E-state index is 13.6. The highest BCUT2D eigenvalue weighted by Gasteiger charge is 2.67. The summed E-state index contributed by atoms with van der Waals surface area (Å²) < 4.78 is 19.6. The van der Waals surface area contributed by atoms with Crippen molar-refractivity contribution in [1.82, 2.24) is 5.32 Å². The number of amides is 1. The number of carbonyl (C=O) groups is 1. The van der Waals surface area contributed by atoms with Gasteiger partial charge in [-0.3, -0.25) is 20.2 Å². The van der Waals surface area contributed by atoms with Crippen LogP contribution < -0.4 is 15.4 Å². The van der Waals surface area contributed by atoms with Crippen LogP contribution in [-0.4, -0.2) is 22.9 Å². The summed E-state index contributed by atoms with van der Waals surface area (Å²) in [6, 6.07) is 18.6. The fraction of sp³-hybridized carbons (Fsp3) is 0.240. The monoisotopic (exact) mass is 447 g/mol. The number of ether oxygens (including phenoxy) is 1. The van der Waals surface area contributed by atoms with E-state index in [-0.39, 0.29) is 17.3 Å². The van der Waals surface area contributed by atoms with Gasteiger partial charge in [-0.05, 0) is 36.8 Å². The van der Waals surface area contributed by atoms with Gasteiger partial charge in [-0.25, -0.2) is 4.39 Å². The maximum Gasteiger partial charge on any atom is 0.256 e. The average molecular weight is 447 g/mol. The van der Waals surface area contributed by atoms with Gasteiger partial charge in [-0.1, -0.05) is 48.5 Å². The molecule has 0 saturated carbocycles. The van der Waals surface area contributed by atoms with E-state index in [9.17, 15) is 19.3 Å². The second kappa shape index (κ2) is 7.97. The molecule has 0 radical (unpaired) electrons. The summed E-state index contributed by atoms with van der Waals surface area (Å²) in [5.41, 5.74) is 0.938. The van der Waals surface area contributed by atoms with Gasteiger partial charge in [0.25, 0.3) is 11.9 Å². The first-order chi connectivity index (χ1) is 15.9. The minimum absolute atomic E-state index is 0.112. The second-order valence-corrected chi connectivity index (χ2v) is 8.45. The van der Waals surface area contributed by atoms with Crippen molar-refractivity contribution < 1.29 is 18.8 Å². The maximum absolute atomic E-state index is 13.6. The summed E-state index contributed by atoms with van der Waals surface area (Å²) in [5, 5.41) is 18.5. The Morgan fingerprint density at radius 1 is 1.09 bits per heavy atom. The lowest BCUT2D eigenvalue weighted by atomic mass is 9.78. The molecular weight excluding hydrogens is 425 g/mol. The molecule has 1 fully saturated rings. The number of para-hydroxylation sites is 2. The van der Waals surface area contributed by atoms with Crippen molar-refractivity contribution in [3.8, 4) is 5.75 Å². The zero-order valence-electron chi connectivity index (χ0n) is 17.8. The van der Waals surface area contributed by atoms with Crippen LogP contribution in [0.15, 0.2) is 72.8 Å².